The molecule has 2 N–H and O–H groups in total. The number of fused-ring (bicyclic) bond motifs is 2. The summed E-state index contributed by atoms with van der Waals surface area (Å²) in [6.45, 7) is 4.16. The number of quaternary nitrogens is 1. The SMILES string of the molecule is O=c1c2cc3c(cc2[nH]c(=S)n1CC[NH+]1CCCC1)OCO3. The predicted octanol–water partition coefficient (Wildman–Crippen LogP) is 0.466. The Morgan fingerprint density at radius 1 is 1.23 bits per heavy atom. The van der Waals surface area contributed by atoms with Gasteiger partial charge in [0.15, 0.2) is 16.3 Å². The minimum absolute atomic E-state index is 0.0596. The molecule has 1 aromatic heterocycles. The Labute approximate surface area is 132 Å². The number of H-pyrrole nitrogens is 1. The molecule has 3 heterocycles. The number of nitrogens with zero attached hydrogens (tertiary/aromatic N) is 1. The zero-order valence-electron chi connectivity index (χ0n) is 12.2. The minimum atomic E-state index is -0.0596. The quantitative estimate of drug-likeness (QED) is 0.807. The first-order valence-corrected chi connectivity index (χ1v) is 8.03. The summed E-state index contributed by atoms with van der Waals surface area (Å²) in [5, 5.41) is 0.592. The van der Waals surface area contributed by atoms with Gasteiger partial charge in [-0.25, -0.2) is 0 Å². The molecule has 0 amide bonds. The van der Waals surface area contributed by atoms with E-state index in [-0.39, 0.29) is 12.4 Å². The molecule has 0 saturated carbocycles. The molecule has 0 aliphatic carbocycles. The van der Waals surface area contributed by atoms with Crippen LogP contribution in [0.25, 0.3) is 10.9 Å². The van der Waals surface area contributed by atoms with Crippen LogP contribution in [0.3, 0.4) is 0 Å². The van der Waals surface area contributed by atoms with Crippen molar-refractivity contribution in [2.24, 2.45) is 0 Å². The third-order valence-electron chi connectivity index (χ3n) is 4.47. The lowest BCUT2D eigenvalue weighted by Crippen LogP contribution is -3.10. The molecule has 116 valence electrons. The highest BCUT2D eigenvalue weighted by atomic mass is 32.1. The van der Waals surface area contributed by atoms with E-state index in [0.29, 0.717) is 33.7 Å². The molecular formula is C15H18N3O3S+. The fourth-order valence-electron chi connectivity index (χ4n) is 3.24. The van der Waals surface area contributed by atoms with Crippen molar-refractivity contribution in [3.63, 3.8) is 0 Å². The van der Waals surface area contributed by atoms with E-state index < -0.39 is 0 Å². The summed E-state index contributed by atoms with van der Waals surface area (Å²) in [6.07, 6.45) is 2.55. The van der Waals surface area contributed by atoms with Gasteiger partial charge in [-0.3, -0.25) is 9.36 Å². The zero-order chi connectivity index (χ0) is 15.1. The monoisotopic (exact) mass is 320 g/mol. The van der Waals surface area contributed by atoms with Gasteiger partial charge >= 0.3 is 0 Å². The van der Waals surface area contributed by atoms with Gasteiger partial charge < -0.3 is 19.4 Å². The van der Waals surface area contributed by atoms with Crippen LogP contribution in [0, 0.1) is 4.77 Å². The van der Waals surface area contributed by atoms with Gasteiger partial charge in [0.25, 0.3) is 5.56 Å². The number of hydrogen-bond donors (Lipinski definition) is 2. The minimum Gasteiger partial charge on any atom is -0.454 e. The molecular weight excluding hydrogens is 302 g/mol. The van der Waals surface area contributed by atoms with E-state index in [2.05, 4.69) is 4.98 Å². The van der Waals surface area contributed by atoms with E-state index in [1.807, 2.05) is 0 Å². The van der Waals surface area contributed by atoms with E-state index in [9.17, 15) is 4.79 Å². The molecule has 1 fully saturated rings. The molecule has 7 heteroatoms. The number of aromatic amines is 1. The molecule has 0 atom stereocenters. The summed E-state index contributed by atoms with van der Waals surface area (Å²) in [6, 6.07) is 3.52. The lowest BCUT2D eigenvalue weighted by Gasteiger charge is -2.13. The summed E-state index contributed by atoms with van der Waals surface area (Å²) in [5.41, 5.74) is 0.639. The first-order chi connectivity index (χ1) is 10.7. The van der Waals surface area contributed by atoms with Crippen LogP contribution >= 0.6 is 12.2 Å². The van der Waals surface area contributed by atoms with Crippen molar-refractivity contribution in [3.8, 4) is 11.5 Å². The first kappa shape index (κ1) is 13.8. The lowest BCUT2D eigenvalue weighted by atomic mass is 10.2. The van der Waals surface area contributed by atoms with Gasteiger partial charge in [-0.05, 0) is 18.3 Å². The number of likely N-dealkylation sites (tertiary alicyclic amines) is 1. The van der Waals surface area contributed by atoms with Gasteiger partial charge in [0.05, 0.1) is 37.1 Å². The van der Waals surface area contributed by atoms with Crippen molar-refractivity contribution in [3.05, 3.63) is 27.3 Å². The summed E-state index contributed by atoms with van der Waals surface area (Å²) in [5.74, 6) is 1.27. The van der Waals surface area contributed by atoms with E-state index in [1.54, 1.807) is 21.6 Å². The van der Waals surface area contributed by atoms with Crippen molar-refractivity contribution in [1.82, 2.24) is 9.55 Å². The predicted molar refractivity (Wildman–Crippen MR) is 84.3 cm³/mol. The van der Waals surface area contributed by atoms with Crippen molar-refractivity contribution in [1.29, 1.82) is 0 Å². The molecule has 1 saturated heterocycles. The van der Waals surface area contributed by atoms with Crippen LogP contribution in [-0.2, 0) is 6.54 Å². The number of aromatic nitrogens is 2. The average molecular weight is 320 g/mol. The number of benzene rings is 1. The number of hydrogen-bond acceptors (Lipinski definition) is 4. The van der Waals surface area contributed by atoms with Crippen LogP contribution in [-0.4, -0.2) is 36.0 Å². The van der Waals surface area contributed by atoms with Gasteiger partial charge in [-0.15, -0.1) is 0 Å². The zero-order valence-corrected chi connectivity index (χ0v) is 13.0. The second-order valence-electron chi connectivity index (χ2n) is 5.85. The Morgan fingerprint density at radius 3 is 2.73 bits per heavy atom. The van der Waals surface area contributed by atoms with Crippen LogP contribution in [0.15, 0.2) is 16.9 Å². The van der Waals surface area contributed by atoms with Crippen LogP contribution in [0.5, 0.6) is 11.5 Å². The Kier molecular flexibility index (Phi) is 3.38. The number of ether oxygens (including phenoxy) is 2. The molecule has 1 aromatic carbocycles. The smallest absolute Gasteiger partial charge is 0.262 e. The maximum Gasteiger partial charge on any atom is 0.262 e. The second kappa shape index (κ2) is 5.40. The average Bonchev–Trinajstić information content (AvgIpc) is 3.15. The molecule has 2 aromatic rings. The summed E-state index contributed by atoms with van der Waals surface area (Å²) >= 11 is 5.36. The molecule has 4 rings (SSSR count). The fraction of sp³-hybridized carbons (Fsp3) is 0.467. The number of rotatable bonds is 3. The highest BCUT2D eigenvalue weighted by Crippen LogP contribution is 2.34. The van der Waals surface area contributed by atoms with Crippen LogP contribution < -0.4 is 19.9 Å². The first-order valence-electron chi connectivity index (χ1n) is 7.62. The van der Waals surface area contributed by atoms with Crippen molar-refractivity contribution in [2.75, 3.05) is 26.4 Å². The van der Waals surface area contributed by atoms with Crippen LogP contribution in [0.1, 0.15) is 12.8 Å². The van der Waals surface area contributed by atoms with Crippen LogP contribution in [0.2, 0.25) is 0 Å². The third kappa shape index (κ3) is 2.30. The Morgan fingerprint density at radius 2 is 1.95 bits per heavy atom. The summed E-state index contributed by atoms with van der Waals surface area (Å²) < 4.78 is 12.8. The third-order valence-corrected chi connectivity index (χ3v) is 4.80. The maximum absolute atomic E-state index is 12.7. The highest BCUT2D eigenvalue weighted by molar-refractivity contribution is 7.71. The lowest BCUT2D eigenvalue weighted by molar-refractivity contribution is -0.888. The van der Waals surface area contributed by atoms with Crippen LogP contribution in [0.4, 0.5) is 0 Å². The van der Waals surface area contributed by atoms with Gasteiger partial charge in [-0.1, -0.05) is 0 Å². The standard InChI is InChI=1S/C15H17N3O3S/c19-14-10-7-12-13(21-9-20-12)8-11(10)16-15(22)18(14)6-5-17-3-1-2-4-17/h7-8H,1-6,9H2,(H,16,22)/p+1. The maximum atomic E-state index is 12.7. The molecule has 0 spiro atoms. The largest absolute Gasteiger partial charge is 0.454 e. The van der Waals surface area contributed by atoms with E-state index in [0.717, 1.165) is 6.54 Å². The molecule has 0 unspecified atom stereocenters. The molecule has 0 radical (unpaired) electrons. The second-order valence-corrected chi connectivity index (χ2v) is 6.23. The Hall–Kier alpha value is -1.86. The van der Waals surface area contributed by atoms with E-state index in [4.69, 9.17) is 21.7 Å². The number of nitrogens with one attached hydrogen (secondary N) is 2. The van der Waals surface area contributed by atoms with Gasteiger partial charge in [0, 0.05) is 18.9 Å². The van der Waals surface area contributed by atoms with Gasteiger partial charge in [0.1, 0.15) is 0 Å². The molecule has 22 heavy (non-hydrogen) atoms. The molecule has 6 nitrogen and oxygen atoms in total. The van der Waals surface area contributed by atoms with Gasteiger partial charge in [0.2, 0.25) is 6.79 Å². The summed E-state index contributed by atoms with van der Waals surface area (Å²) in [4.78, 5) is 17.4. The topological polar surface area (TPSA) is 60.7 Å². The van der Waals surface area contributed by atoms with Gasteiger partial charge in [-0.2, -0.15) is 0 Å². The summed E-state index contributed by atoms with van der Waals surface area (Å²) in [7, 11) is 0. The van der Waals surface area contributed by atoms with Crippen molar-refractivity contribution >= 4 is 23.1 Å². The molecule has 2 aliphatic rings. The van der Waals surface area contributed by atoms with Crippen molar-refractivity contribution in [2.45, 2.75) is 19.4 Å². The van der Waals surface area contributed by atoms with Crippen molar-refractivity contribution < 1.29 is 14.4 Å². The highest BCUT2D eigenvalue weighted by Gasteiger charge is 2.18. The Balaban J connectivity index is 1.73. The Bertz CT molecular complexity index is 836. The normalized spacial score (nSPS) is 17.5. The molecule has 0 bridgehead atoms. The van der Waals surface area contributed by atoms with E-state index in [1.165, 1.54) is 25.9 Å². The van der Waals surface area contributed by atoms with E-state index >= 15 is 0 Å². The molecule has 2 aliphatic heterocycles. The fourth-order valence-corrected chi connectivity index (χ4v) is 3.52.